The molecule has 2 aliphatic carbocycles. The van der Waals surface area contributed by atoms with Gasteiger partial charge >= 0.3 is 5.97 Å². The molecule has 0 fully saturated rings. The maximum Gasteiger partial charge on any atom is 0.341 e. The molecule has 0 radical (unpaired) electrons. The molecule has 0 aliphatic heterocycles. The lowest BCUT2D eigenvalue weighted by Crippen LogP contribution is -2.15. The molecule has 172 valence electrons. The van der Waals surface area contributed by atoms with Gasteiger partial charge in [0.15, 0.2) is 5.82 Å². The number of carbonyl (C=O) groups excluding carboxylic acids is 1. The van der Waals surface area contributed by atoms with Gasteiger partial charge < -0.3 is 14.8 Å². The standard InChI is InChI=1S/C26H29N3O3S/c1-2-31-26(30)22-18-12-6-9-15-21(18)33-25(22)29-23-24(32-16-17-10-4-3-5-11-17)28-20-14-8-7-13-19(20)27-23/h3-4,7-8,13-14,17H,2,5-6,9-12,15-16H2,1H3,(H,27,29)/t17-/m0/s1. The van der Waals surface area contributed by atoms with Crippen LogP contribution in [0.5, 0.6) is 5.88 Å². The Balaban J connectivity index is 1.50. The zero-order chi connectivity index (χ0) is 22.6. The number of nitrogens with zero attached hydrogens (tertiary/aromatic N) is 2. The Bertz CT molecular complexity index is 1190. The molecular weight excluding hydrogens is 434 g/mol. The molecule has 0 saturated heterocycles. The van der Waals surface area contributed by atoms with E-state index in [2.05, 4.69) is 17.5 Å². The average molecular weight is 464 g/mol. The number of nitrogens with one attached hydrogen (secondary N) is 1. The van der Waals surface area contributed by atoms with E-state index in [1.807, 2.05) is 31.2 Å². The van der Waals surface area contributed by atoms with Gasteiger partial charge in [0.05, 0.1) is 29.8 Å². The largest absolute Gasteiger partial charge is 0.475 e. The second kappa shape index (κ2) is 9.91. The van der Waals surface area contributed by atoms with E-state index < -0.39 is 0 Å². The lowest BCUT2D eigenvalue weighted by molar-refractivity contribution is 0.0526. The number of benzene rings is 1. The zero-order valence-electron chi connectivity index (χ0n) is 18.9. The predicted molar refractivity (Wildman–Crippen MR) is 132 cm³/mol. The molecule has 7 heteroatoms. The molecule has 3 aromatic rings. The summed E-state index contributed by atoms with van der Waals surface area (Å²) in [6.45, 7) is 2.78. The van der Waals surface area contributed by atoms with E-state index in [0.29, 0.717) is 36.4 Å². The molecular formula is C26H29N3O3S. The van der Waals surface area contributed by atoms with Crippen LogP contribution in [0.4, 0.5) is 10.8 Å². The van der Waals surface area contributed by atoms with Crippen LogP contribution in [0, 0.1) is 5.92 Å². The fraction of sp³-hybridized carbons (Fsp3) is 0.423. The van der Waals surface area contributed by atoms with Crippen molar-refractivity contribution in [3.8, 4) is 5.88 Å². The monoisotopic (exact) mass is 463 g/mol. The van der Waals surface area contributed by atoms with Gasteiger partial charge in [-0.15, -0.1) is 11.3 Å². The molecule has 0 spiro atoms. The molecule has 5 rings (SSSR count). The number of esters is 1. The Labute approximate surface area is 198 Å². The fourth-order valence-electron chi connectivity index (χ4n) is 4.55. The summed E-state index contributed by atoms with van der Waals surface area (Å²) in [7, 11) is 0. The molecule has 0 saturated carbocycles. The maximum absolute atomic E-state index is 12.9. The van der Waals surface area contributed by atoms with Crippen molar-refractivity contribution in [1.29, 1.82) is 0 Å². The van der Waals surface area contributed by atoms with Gasteiger partial charge in [0.25, 0.3) is 5.88 Å². The van der Waals surface area contributed by atoms with Gasteiger partial charge in [-0.2, -0.15) is 0 Å². The number of para-hydroxylation sites is 2. The van der Waals surface area contributed by atoms with Crippen LogP contribution in [-0.2, 0) is 17.6 Å². The first-order valence-corrected chi connectivity index (χ1v) is 12.7. The van der Waals surface area contributed by atoms with Crippen LogP contribution >= 0.6 is 11.3 Å². The van der Waals surface area contributed by atoms with Gasteiger partial charge in [-0.25, -0.2) is 14.8 Å². The second-order valence-electron chi connectivity index (χ2n) is 8.59. The normalized spacial score (nSPS) is 17.5. The van der Waals surface area contributed by atoms with Crippen molar-refractivity contribution in [3.63, 3.8) is 0 Å². The molecule has 1 N–H and O–H groups in total. The first kappa shape index (κ1) is 21.9. The predicted octanol–water partition coefficient (Wildman–Crippen LogP) is 6.23. The van der Waals surface area contributed by atoms with E-state index in [-0.39, 0.29) is 5.97 Å². The van der Waals surface area contributed by atoms with Crippen LogP contribution in [0.2, 0.25) is 0 Å². The summed E-state index contributed by atoms with van der Waals surface area (Å²) in [5, 5.41) is 4.20. The highest BCUT2D eigenvalue weighted by Crippen LogP contribution is 2.41. The van der Waals surface area contributed by atoms with E-state index in [0.717, 1.165) is 66.5 Å². The second-order valence-corrected chi connectivity index (χ2v) is 9.69. The van der Waals surface area contributed by atoms with E-state index in [1.165, 1.54) is 4.88 Å². The number of aryl methyl sites for hydroxylation is 1. The van der Waals surface area contributed by atoms with E-state index >= 15 is 0 Å². The Kier molecular flexibility index (Phi) is 6.58. The number of fused-ring (bicyclic) bond motifs is 2. The summed E-state index contributed by atoms with van der Waals surface area (Å²) in [6.07, 6.45) is 11.8. The maximum atomic E-state index is 12.9. The third-order valence-corrected chi connectivity index (χ3v) is 7.46. The highest BCUT2D eigenvalue weighted by molar-refractivity contribution is 7.16. The number of hydrogen-bond donors (Lipinski definition) is 1. The zero-order valence-corrected chi connectivity index (χ0v) is 19.7. The van der Waals surface area contributed by atoms with Gasteiger partial charge in [0.2, 0.25) is 0 Å². The molecule has 1 atom stereocenters. The van der Waals surface area contributed by atoms with Gasteiger partial charge in [-0.05, 0) is 75.5 Å². The van der Waals surface area contributed by atoms with Crippen molar-refractivity contribution in [2.45, 2.75) is 51.9 Å². The highest BCUT2D eigenvalue weighted by Gasteiger charge is 2.27. The number of allylic oxidation sites excluding steroid dienone is 2. The summed E-state index contributed by atoms with van der Waals surface area (Å²) < 4.78 is 11.6. The quantitative estimate of drug-likeness (QED) is 0.331. The SMILES string of the molecule is CCOC(=O)c1c(Nc2nc3ccccc3nc2OC[C@H]2CC=CCC2)sc2c1CCCC2. The van der Waals surface area contributed by atoms with Crippen molar-refractivity contribution in [1.82, 2.24) is 9.97 Å². The van der Waals surface area contributed by atoms with Crippen LogP contribution in [0.25, 0.3) is 11.0 Å². The van der Waals surface area contributed by atoms with Crippen LogP contribution in [0.3, 0.4) is 0 Å². The first-order chi connectivity index (χ1) is 16.2. The van der Waals surface area contributed by atoms with Crippen molar-refractivity contribution in [2.24, 2.45) is 5.92 Å². The summed E-state index contributed by atoms with van der Waals surface area (Å²) in [4.78, 5) is 23.8. The van der Waals surface area contributed by atoms with Crippen molar-refractivity contribution >= 4 is 39.2 Å². The molecule has 2 aliphatic rings. The molecule has 6 nitrogen and oxygen atoms in total. The lowest BCUT2D eigenvalue weighted by atomic mass is 9.95. The third-order valence-electron chi connectivity index (χ3n) is 6.25. The Morgan fingerprint density at radius 3 is 2.76 bits per heavy atom. The highest BCUT2D eigenvalue weighted by atomic mass is 32.1. The van der Waals surface area contributed by atoms with E-state index in [1.54, 1.807) is 11.3 Å². The topological polar surface area (TPSA) is 73.3 Å². The molecule has 2 heterocycles. The number of rotatable bonds is 7. The van der Waals surface area contributed by atoms with Crippen molar-refractivity contribution < 1.29 is 14.3 Å². The van der Waals surface area contributed by atoms with Gasteiger partial charge in [-0.3, -0.25) is 0 Å². The fourth-order valence-corrected chi connectivity index (χ4v) is 5.83. The lowest BCUT2D eigenvalue weighted by Gasteiger charge is -2.19. The molecule has 33 heavy (non-hydrogen) atoms. The minimum absolute atomic E-state index is 0.274. The number of hydrogen-bond acceptors (Lipinski definition) is 7. The van der Waals surface area contributed by atoms with Crippen LogP contribution in [0.15, 0.2) is 36.4 Å². The minimum Gasteiger partial charge on any atom is -0.475 e. The Hall–Kier alpha value is -2.93. The number of ether oxygens (including phenoxy) is 2. The number of thiophene rings is 1. The van der Waals surface area contributed by atoms with Crippen molar-refractivity contribution in [2.75, 3.05) is 18.5 Å². The van der Waals surface area contributed by atoms with Gasteiger partial charge in [0, 0.05) is 4.88 Å². The third kappa shape index (κ3) is 4.74. The average Bonchev–Trinajstić information content (AvgIpc) is 3.21. The van der Waals surface area contributed by atoms with E-state index in [4.69, 9.17) is 19.4 Å². The smallest absolute Gasteiger partial charge is 0.341 e. The Morgan fingerprint density at radius 2 is 1.97 bits per heavy atom. The van der Waals surface area contributed by atoms with Crippen LogP contribution in [-0.4, -0.2) is 29.2 Å². The summed E-state index contributed by atoms with van der Waals surface area (Å²) in [6, 6.07) is 7.78. The summed E-state index contributed by atoms with van der Waals surface area (Å²) in [5.74, 6) is 1.22. The number of aromatic nitrogens is 2. The number of anilines is 2. The molecule has 1 aromatic carbocycles. The minimum atomic E-state index is -0.274. The van der Waals surface area contributed by atoms with Gasteiger partial charge in [-0.1, -0.05) is 24.3 Å². The molecule has 2 aromatic heterocycles. The Morgan fingerprint density at radius 1 is 1.15 bits per heavy atom. The van der Waals surface area contributed by atoms with Crippen molar-refractivity contribution in [3.05, 3.63) is 52.4 Å². The molecule has 0 bridgehead atoms. The van der Waals surface area contributed by atoms with Crippen LogP contribution in [0.1, 0.15) is 59.8 Å². The van der Waals surface area contributed by atoms with Crippen LogP contribution < -0.4 is 10.1 Å². The summed E-state index contributed by atoms with van der Waals surface area (Å²) in [5.41, 5.74) is 3.34. The molecule has 0 amide bonds. The molecule has 0 unspecified atom stereocenters. The van der Waals surface area contributed by atoms with E-state index in [9.17, 15) is 4.79 Å². The first-order valence-electron chi connectivity index (χ1n) is 11.9. The van der Waals surface area contributed by atoms with Gasteiger partial charge in [0.1, 0.15) is 5.00 Å². The number of carbonyl (C=O) groups is 1. The summed E-state index contributed by atoms with van der Waals surface area (Å²) >= 11 is 1.63.